The SMILES string of the molecule is COc1c(F)cc2nc(Cl)n(-c3ccc(Br)cc3)c2c1F. The standard InChI is InChI=1S/C14H8BrClF2N2O/c1-21-13-9(17)6-10-12(11(13)18)20(14(16)19-10)8-4-2-7(15)3-5-8/h2-6H,1H3. The van der Waals surface area contributed by atoms with E-state index in [1.807, 2.05) is 0 Å². The quantitative estimate of drug-likeness (QED) is 0.649. The summed E-state index contributed by atoms with van der Waals surface area (Å²) in [6, 6.07) is 8.16. The molecule has 0 amide bonds. The van der Waals surface area contributed by atoms with Crippen LogP contribution < -0.4 is 4.74 Å². The number of nitrogens with zero attached hydrogens (tertiary/aromatic N) is 2. The maximum absolute atomic E-state index is 14.5. The molecule has 3 nitrogen and oxygen atoms in total. The fraction of sp³-hybridized carbons (Fsp3) is 0.0714. The van der Waals surface area contributed by atoms with Crippen molar-refractivity contribution in [3.8, 4) is 11.4 Å². The first kappa shape index (κ1) is 14.3. The first-order chi connectivity index (χ1) is 10.0. The maximum Gasteiger partial charge on any atom is 0.208 e. The lowest BCUT2D eigenvalue weighted by atomic mass is 10.2. The molecule has 0 radical (unpaired) electrons. The third-order valence-electron chi connectivity index (χ3n) is 3.04. The van der Waals surface area contributed by atoms with Crippen LogP contribution in [0.1, 0.15) is 0 Å². The minimum Gasteiger partial charge on any atom is -0.491 e. The molecule has 0 N–H and O–H groups in total. The summed E-state index contributed by atoms with van der Waals surface area (Å²) in [6.45, 7) is 0. The number of ether oxygens (including phenoxy) is 1. The molecule has 2 aromatic carbocycles. The Morgan fingerprint density at radius 2 is 1.90 bits per heavy atom. The van der Waals surface area contributed by atoms with Crippen LogP contribution >= 0.6 is 27.5 Å². The third kappa shape index (κ3) is 2.28. The second-order valence-corrected chi connectivity index (χ2v) is 5.52. The van der Waals surface area contributed by atoms with Gasteiger partial charge in [-0.2, -0.15) is 0 Å². The second kappa shape index (κ2) is 5.27. The molecule has 0 bridgehead atoms. The topological polar surface area (TPSA) is 27.1 Å². The van der Waals surface area contributed by atoms with Crippen molar-refractivity contribution in [1.82, 2.24) is 9.55 Å². The summed E-state index contributed by atoms with van der Waals surface area (Å²) in [5.41, 5.74) is 0.803. The van der Waals surface area contributed by atoms with Gasteiger partial charge in [-0.05, 0) is 35.9 Å². The highest BCUT2D eigenvalue weighted by Gasteiger charge is 2.21. The van der Waals surface area contributed by atoms with E-state index in [9.17, 15) is 8.78 Å². The van der Waals surface area contributed by atoms with Crippen LogP contribution in [0.3, 0.4) is 0 Å². The first-order valence-corrected chi connectivity index (χ1v) is 7.06. The van der Waals surface area contributed by atoms with Gasteiger partial charge in [-0.25, -0.2) is 13.8 Å². The van der Waals surface area contributed by atoms with E-state index in [2.05, 4.69) is 20.9 Å². The van der Waals surface area contributed by atoms with E-state index in [1.54, 1.807) is 24.3 Å². The normalized spacial score (nSPS) is 11.1. The molecule has 1 heterocycles. The molecule has 0 saturated heterocycles. The Balaban J connectivity index is 2.37. The van der Waals surface area contributed by atoms with Crippen molar-refractivity contribution in [2.75, 3.05) is 7.11 Å². The fourth-order valence-corrected chi connectivity index (χ4v) is 2.67. The van der Waals surface area contributed by atoms with E-state index in [4.69, 9.17) is 16.3 Å². The highest BCUT2D eigenvalue weighted by Crippen LogP contribution is 2.33. The van der Waals surface area contributed by atoms with Crippen LogP contribution in [0.15, 0.2) is 34.8 Å². The predicted molar refractivity (Wildman–Crippen MR) is 80.2 cm³/mol. The summed E-state index contributed by atoms with van der Waals surface area (Å²) in [4.78, 5) is 3.99. The van der Waals surface area contributed by atoms with Crippen LogP contribution in [0, 0.1) is 11.6 Å². The lowest BCUT2D eigenvalue weighted by Gasteiger charge is -2.09. The molecular weight excluding hydrogens is 366 g/mol. The van der Waals surface area contributed by atoms with Crippen molar-refractivity contribution >= 4 is 38.6 Å². The minimum absolute atomic E-state index is 0.0406. The molecular formula is C14H8BrClF2N2O. The number of hydrogen-bond acceptors (Lipinski definition) is 2. The molecule has 0 saturated carbocycles. The van der Waals surface area contributed by atoms with Gasteiger partial charge in [0, 0.05) is 16.2 Å². The molecule has 108 valence electrons. The minimum atomic E-state index is -0.838. The Hall–Kier alpha value is -1.66. The van der Waals surface area contributed by atoms with Gasteiger partial charge in [0.2, 0.25) is 5.28 Å². The highest BCUT2D eigenvalue weighted by atomic mass is 79.9. The zero-order chi connectivity index (χ0) is 15.1. The van der Waals surface area contributed by atoms with E-state index in [1.165, 1.54) is 11.7 Å². The molecule has 0 unspecified atom stereocenters. The highest BCUT2D eigenvalue weighted by molar-refractivity contribution is 9.10. The molecule has 1 aromatic heterocycles. The molecule has 0 aliphatic heterocycles. The van der Waals surface area contributed by atoms with Gasteiger partial charge in [0.05, 0.1) is 12.6 Å². The Morgan fingerprint density at radius 3 is 2.52 bits per heavy atom. The van der Waals surface area contributed by atoms with Crippen LogP contribution in [-0.2, 0) is 0 Å². The van der Waals surface area contributed by atoms with Gasteiger partial charge in [0.1, 0.15) is 5.52 Å². The lowest BCUT2D eigenvalue weighted by molar-refractivity contribution is 0.362. The van der Waals surface area contributed by atoms with Crippen molar-refractivity contribution in [3.63, 3.8) is 0 Å². The van der Waals surface area contributed by atoms with Gasteiger partial charge in [0.25, 0.3) is 0 Å². The first-order valence-electron chi connectivity index (χ1n) is 5.89. The average molecular weight is 374 g/mol. The molecule has 0 aliphatic rings. The summed E-state index contributed by atoms with van der Waals surface area (Å²) >= 11 is 9.39. The number of fused-ring (bicyclic) bond motifs is 1. The summed E-state index contributed by atoms with van der Waals surface area (Å²) in [7, 11) is 1.20. The number of aromatic nitrogens is 2. The Kier molecular flexibility index (Phi) is 3.59. The van der Waals surface area contributed by atoms with Crippen molar-refractivity contribution in [1.29, 1.82) is 0 Å². The largest absolute Gasteiger partial charge is 0.491 e. The van der Waals surface area contributed by atoms with Gasteiger partial charge >= 0.3 is 0 Å². The Labute approximate surface area is 132 Å². The van der Waals surface area contributed by atoms with Crippen LogP contribution in [0.25, 0.3) is 16.7 Å². The van der Waals surface area contributed by atoms with E-state index >= 15 is 0 Å². The molecule has 0 spiro atoms. The van der Waals surface area contributed by atoms with Crippen molar-refractivity contribution < 1.29 is 13.5 Å². The summed E-state index contributed by atoms with van der Waals surface area (Å²) < 4.78 is 35.2. The number of imidazole rings is 1. The Morgan fingerprint density at radius 1 is 1.24 bits per heavy atom. The predicted octanol–water partition coefficient (Wildman–Crippen LogP) is 4.73. The van der Waals surface area contributed by atoms with Gasteiger partial charge in [-0.1, -0.05) is 15.9 Å². The molecule has 3 aromatic rings. The lowest BCUT2D eigenvalue weighted by Crippen LogP contribution is -1.99. The molecule has 0 fully saturated rings. The smallest absolute Gasteiger partial charge is 0.208 e. The van der Waals surface area contributed by atoms with Gasteiger partial charge < -0.3 is 4.74 Å². The van der Waals surface area contributed by atoms with Crippen molar-refractivity contribution in [3.05, 3.63) is 51.7 Å². The zero-order valence-corrected chi connectivity index (χ0v) is 13.0. The molecule has 0 atom stereocenters. The van der Waals surface area contributed by atoms with Crippen LogP contribution in [0.2, 0.25) is 5.28 Å². The zero-order valence-electron chi connectivity index (χ0n) is 10.7. The van der Waals surface area contributed by atoms with Gasteiger partial charge in [-0.15, -0.1) is 0 Å². The number of benzene rings is 2. The fourth-order valence-electron chi connectivity index (χ4n) is 2.13. The van der Waals surface area contributed by atoms with Gasteiger partial charge in [-0.3, -0.25) is 4.57 Å². The third-order valence-corrected chi connectivity index (χ3v) is 3.82. The molecule has 0 aliphatic carbocycles. The number of hydrogen-bond donors (Lipinski definition) is 0. The number of halogens is 4. The summed E-state index contributed by atoms with van der Waals surface area (Å²) in [5, 5.41) is 0.0406. The van der Waals surface area contributed by atoms with Crippen LogP contribution in [0.5, 0.6) is 5.75 Å². The summed E-state index contributed by atoms with van der Waals surface area (Å²) in [5.74, 6) is -2.12. The van der Waals surface area contributed by atoms with Crippen LogP contribution in [0.4, 0.5) is 8.78 Å². The second-order valence-electron chi connectivity index (χ2n) is 4.27. The van der Waals surface area contributed by atoms with E-state index < -0.39 is 17.4 Å². The number of rotatable bonds is 2. The van der Waals surface area contributed by atoms with E-state index in [0.29, 0.717) is 5.69 Å². The summed E-state index contributed by atoms with van der Waals surface area (Å²) in [6.07, 6.45) is 0. The Bertz CT molecular complexity index is 833. The number of methoxy groups -OCH3 is 1. The van der Waals surface area contributed by atoms with Crippen LogP contribution in [-0.4, -0.2) is 16.7 Å². The average Bonchev–Trinajstić information content (AvgIpc) is 2.76. The van der Waals surface area contributed by atoms with E-state index in [0.717, 1.165) is 10.5 Å². The molecule has 3 rings (SSSR count). The molecule has 21 heavy (non-hydrogen) atoms. The van der Waals surface area contributed by atoms with Gasteiger partial charge in [0.15, 0.2) is 17.4 Å². The van der Waals surface area contributed by atoms with Crippen molar-refractivity contribution in [2.45, 2.75) is 0 Å². The van der Waals surface area contributed by atoms with E-state index in [-0.39, 0.29) is 16.3 Å². The monoisotopic (exact) mass is 372 g/mol. The maximum atomic E-state index is 14.5. The van der Waals surface area contributed by atoms with Crippen molar-refractivity contribution in [2.24, 2.45) is 0 Å². The molecule has 7 heteroatoms.